The monoisotopic (exact) mass is 381 g/mol. The van der Waals surface area contributed by atoms with Crippen LogP contribution in [-0.2, 0) is 0 Å². The van der Waals surface area contributed by atoms with Crippen LogP contribution in [0.15, 0.2) is 61.1 Å². The Labute approximate surface area is 160 Å². The third-order valence-corrected chi connectivity index (χ3v) is 5.59. The van der Waals surface area contributed by atoms with Gasteiger partial charge < -0.3 is 10.1 Å². The number of halogens is 1. The summed E-state index contributed by atoms with van der Waals surface area (Å²) >= 11 is 7.57. The van der Waals surface area contributed by atoms with Gasteiger partial charge in [0.25, 0.3) is 0 Å². The molecule has 4 rings (SSSR count). The summed E-state index contributed by atoms with van der Waals surface area (Å²) in [6.07, 6.45) is 4.53. The molecule has 0 saturated heterocycles. The third-order valence-electron chi connectivity index (χ3n) is 4.14. The zero-order valence-corrected chi connectivity index (χ0v) is 15.6. The van der Waals surface area contributed by atoms with Crippen LogP contribution in [0.4, 0.5) is 0 Å². The van der Waals surface area contributed by atoms with Gasteiger partial charge in [0.15, 0.2) is 0 Å². The second-order valence-corrected chi connectivity index (χ2v) is 7.46. The molecule has 0 spiro atoms. The molecule has 4 nitrogen and oxygen atoms in total. The van der Waals surface area contributed by atoms with Crippen molar-refractivity contribution in [1.29, 1.82) is 0 Å². The zero-order chi connectivity index (χ0) is 18.1. The summed E-state index contributed by atoms with van der Waals surface area (Å²) < 4.78 is 0. The van der Waals surface area contributed by atoms with Crippen molar-refractivity contribution in [3.63, 3.8) is 0 Å². The van der Waals surface area contributed by atoms with Gasteiger partial charge >= 0.3 is 0 Å². The fraction of sp³-hybridized carbons (Fsp3) is 0.100. The van der Waals surface area contributed by atoms with Gasteiger partial charge in [0.1, 0.15) is 11.9 Å². The number of aliphatic hydroxyl groups excluding tert-OH is 1. The van der Waals surface area contributed by atoms with E-state index in [9.17, 15) is 5.11 Å². The first-order chi connectivity index (χ1) is 12.6. The number of pyridine rings is 1. The first kappa shape index (κ1) is 17.0. The van der Waals surface area contributed by atoms with Gasteiger partial charge in [0.2, 0.25) is 0 Å². The van der Waals surface area contributed by atoms with Crippen molar-refractivity contribution in [3.8, 4) is 21.1 Å². The van der Waals surface area contributed by atoms with Crippen LogP contribution in [0.25, 0.3) is 21.1 Å². The Morgan fingerprint density at radius 3 is 2.58 bits per heavy atom. The molecule has 130 valence electrons. The summed E-state index contributed by atoms with van der Waals surface area (Å²) in [5.74, 6) is 0.745. The van der Waals surface area contributed by atoms with Crippen molar-refractivity contribution < 1.29 is 5.11 Å². The van der Waals surface area contributed by atoms with Gasteiger partial charge in [-0.05, 0) is 48.4 Å². The summed E-state index contributed by atoms with van der Waals surface area (Å²) in [7, 11) is 0. The molecule has 1 aromatic carbocycles. The van der Waals surface area contributed by atoms with Crippen LogP contribution in [0.1, 0.15) is 22.9 Å². The van der Waals surface area contributed by atoms with Crippen LogP contribution in [-0.4, -0.2) is 20.1 Å². The van der Waals surface area contributed by atoms with Crippen LogP contribution in [0.2, 0.25) is 5.02 Å². The Bertz CT molecular complexity index is 1030. The van der Waals surface area contributed by atoms with Gasteiger partial charge in [0, 0.05) is 39.7 Å². The van der Waals surface area contributed by atoms with E-state index in [1.165, 1.54) is 0 Å². The Morgan fingerprint density at radius 2 is 1.88 bits per heavy atom. The first-order valence-electron chi connectivity index (χ1n) is 8.12. The normalized spacial score (nSPS) is 12.3. The lowest BCUT2D eigenvalue weighted by molar-refractivity contribution is 0.221. The number of H-pyrrole nitrogens is 1. The Morgan fingerprint density at radius 1 is 1.08 bits per heavy atom. The number of hydrogen-bond donors (Lipinski definition) is 2. The molecule has 1 atom stereocenters. The molecule has 26 heavy (non-hydrogen) atoms. The molecule has 0 bridgehead atoms. The van der Waals surface area contributed by atoms with Crippen molar-refractivity contribution in [2.45, 2.75) is 13.0 Å². The maximum absolute atomic E-state index is 11.0. The molecule has 0 amide bonds. The van der Waals surface area contributed by atoms with Crippen molar-refractivity contribution in [2.75, 3.05) is 0 Å². The summed E-state index contributed by atoms with van der Waals surface area (Å²) in [6.45, 7) is 1.97. The average molecular weight is 382 g/mol. The molecule has 0 saturated carbocycles. The van der Waals surface area contributed by atoms with Crippen molar-refractivity contribution >= 4 is 22.9 Å². The standard InChI is InChI=1S/C20H16ClN3OS/c1-12-10-14(6-7-22-12)17-11-16(19(26-17)20-23-8-9-24-20)18(25)13-2-4-15(21)5-3-13/h2-11,18,25H,1H3,(H,23,24)/t18-/m1/s1. The lowest BCUT2D eigenvalue weighted by atomic mass is 10.0. The molecule has 6 heteroatoms. The highest BCUT2D eigenvalue weighted by Crippen LogP contribution is 2.41. The van der Waals surface area contributed by atoms with E-state index < -0.39 is 6.10 Å². The number of aryl methyl sites for hydroxylation is 1. The number of aromatic amines is 1. The van der Waals surface area contributed by atoms with E-state index >= 15 is 0 Å². The van der Waals surface area contributed by atoms with Crippen LogP contribution in [0.3, 0.4) is 0 Å². The van der Waals surface area contributed by atoms with E-state index in [2.05, 4.69) is 15.0 Å². The van der Waals surface area contributed by atoms with E-state index in [4.69, 9.17) is 11.6 Å². The van der Waals surface area contributed by atoms with Crippen LogP contribution >= 0.6 is 22.9 Å². The van der Waals surface area contributed by atoms with E-state index in [1.54, 1.807) is 42.1 Å². The molecular formula is C20H16ClN3OS. The molecule has 3 aromatic heterocycles. The predicted octanol–water partition coefficient (Wildman–Crippen LogP) is 5.24. The van der Waals surface area contributed by atoms with Crippen LogP contribution < -0.4 is 0 Å². The molecular weight excluding hydrogens is 366 g/mol. The van der Waals surface area contributed by atoms with E-state index in [-0.39, 0.29) is 0 Å². The lowest BCUT2D eigenvalue weighted by Gasteiger charge is -2.11. The van der Waals surface area contributed by atoms with Gasteiger partial charge in [-0.2, -0.15) is 0 Å². The average Bonchev–Trinajstić information content (AvgIpc) is 3.31. The van der Waals surface area contributed by atoms with Gasteiger partial charge in [0.05, 0.1) is 4.88 Å². The minimum absolute atomic E-state index is 0.644. The highest BCUT2D eigenvalue weighted by atomic mass is 35.5. The maximum Gasteiger partial charge on any atom is 0.147 e. The molecule has 3 heterocycles. The van der Waals surface area contributed by atoms with Gasteiger partial charge in [-0.1, -0.05) is 23.7 Å². The van der Waals surface area contributed by atoms with Gasteiger partial charge in [-0.25, -0.2) is 4.98 Å². The predicted molar refractivity (Wildman–Crippen MR) is 105 cm³/mol. The minimum Gasteiger partial charge on any atom is -0.384 e. The Hall–Kier alpha value is -2.47. The molecule has 4 aromatic rings. The molecule has 0 aliphatic heterocycles. The number of aliphatic hydroxyl groups is 1. The first-order valence-corrected chi connectivity index (χ1v) is 9.31. The van der Waals surface area contributed by atoms with E-state index in [0.29, 0.717) is 5.02 Å². The van der Waals surface area contributed by atoms with Crippen molar-refractivity contribution in [3.05, 3.63) is 82.9 Å². The Balaban J connectivity index is 1.83. The highest BCUT2D eigenvalue weighted by molar-refractivity contribution is 7.19. The minimum atomic E-state index is -0.764. The molecule has 2 N–H and O–H groups in total. The Kier molecular flexibility index (Phi) is 4.59. The molecule has 0 radical (unpaired) electrons. The summed E-state index contributed by atoms with van der Waals surface area (Å²) in [4.78, 5) is 13.8. The zero-order valence-electron chi connectivity index (χ0n) is 14.0. The topological polar surface area (TPSA) is 61.8 Å². The second-order valence-electron chi connectivity index (χ2n) is 5.97. The number of nitrogens with zero attached hydrogens (tertiary/aromatic N) is 2. The number of imidazole rings is 1. The van der Waals surface area contributed by atoms with Crippen molar-refractivity contribution in [1.82, 2.24) is 15.0 Å². The lowest BCUT2D eigenvalue weighted by Crippen LogP contribution is -1.99. The van der Waals surface area contributed by atoms with Crippen LogP contribution in [0.5, 0.6) is 0 Å². The largest absolute Gasteiger partial charge is 0.384 e. The van der Waals surface area contributed by atoms with Gasteiger partial charge in [-0.3, -0.25) is 4.98 Å². The molecule has 0 fully saturated rings. The summed E-state index contributed by atoms with van der Waals surface area (Å²) in [5, 5.41) is 11.6. The number of hydrogen-bond acceptors (Lipinski definition) is 4. The fourth-order valence-electron chi connectivity index (χ4n) is 2.85. The second kappa shape index (κ2) is 7.03. The molecule has 0 aliphatic rings. The summed E-state index contributed by atoms with van der Waals surface area (Å²) in [6, 6.07) is 13.3. The number of aromatic nitrogens is 3. The van der Waals surface area contributed by atoms with Gasteiger partial charge in [-0.15, -0.1) is 11.3 Å². The van der Waals surface area contributed by atoms with E-state index in [1.807, 2.05) is 37.3 Å². The SMILES string of the molecule is Cc1cc(-c2cc([C@H](O)c3ccc(Cl)cc3)c(-c3ncc[nH]3)s2)ccn1. The number of rotatable bonds is 4. The maximum atomic E-state index is 11.0. The third kappa shape index (κ3) is 3.29. The van der Waals surface area contributed by atoms with Crippen molar-refractivity contribution in [2.24, 2.45) is 0 Å². The summed E-state index contributed by atoms with van der Waals surface area (Å²) in [5.41, 5.74) is 3.63. The molecule has 0 aliphatic carbocycles. The molecule has 0 unspecified atom stereocenters. The number of nitrogens with one attached hydrogen (secondary N) is 1. The number of thiophene rings is 1. The fourth-order valence-corrected chi connectivity index (χ4v) is 4.12. The van der Waals surface area contributed by atoms with Crippen LogP contribution in [0, 0.1) is 6.92 Å². The highest BCUT2D eigenvalue weighted by Gasteiger charge is 2.21. The number of benzene rings is 1. The quantitative estimate of drug-likeness (QED) is 0.508. The smallest absolute Gasteiger partial charge is 0.147 e. The van der Waals surface area contributed by atoms with E-state index in [0.717, 1.165) is 38.0 Å².